The van der Waals surface area contributed by atoms with Crippen LogP contribution in [0.2, 0.25) is 5.02 Å². The predicted octanol–water partition coefficient (Wildman–Crippen LogP) is 4.63. The molecule has 0 saturated heterocycles. The fourth-order valence-corrected chi connectivity index (χ4v) is 4.28. The summed E-state index contributed by atoms with van der Waals surface area (Å²) in [5.74, 6) is 1.53. The van der Waals surface area contributed by atoms with Gasteiger partial charge in [-0.2, -0.15) is 0 Å². The Hall–Kier alpha value is -3.43. The SMILES string of the molecule is COc1c2c(c(NC(=O)c3ccc(COc4ccc(F)c(Cl)c4)o3)c3c1OCO3)CCN(C)C2. The molecule has 3 aromatic rings. The second kappa shape index (κ2) is 9.08. The number of furan rings is 1. The summed E-state index contributed by atoms with van der Waals surface area (Å²) in [4.78, 5) is 15.2. The van der Waals surface area contributed by atoms with Crippen LogP contribution in [0.15, 0.2) is 34.7 Å². The summed E-state index contributed by atoms with van der Waals surface area (Å²) in [7, 11) is 3.62. The van der Waals surface area contributed by atoms with Crippen molar-refractivity contribution in [1.29, 1.82) is 0 Å². The number of benzene rings is 2. The van der Waals surface area contributed by atoms with Crippen LogP contribution >= 0.6 is 11.6 Å². The van der Waals surface area contributed by atoms with Crippen LogP contribution in [0.4, 0.5) is 10.1 Å². The van der Waals surface area contributed by atoms with Gasteiger partial charge in [0.2, 0.25) is 12.5 Å². The Balaban J connectivity index is 1.36. The van der Waals surface area contributed by atoms with Gasteiger partial charge >= 0.3 is 0 Å². The molecule has 1 aromatic heterocycles. The lowest BCUT2D eigenvalue weighted by Crippen LogP contribution is -2.28. The van der Waals surface area contributed by atoms with E-state index in [1.54, 1.807) is 19.2 Å². The molecule has 1 amide bonds. The van der Waals surface area contributed by atoms with Crippen molar-refractivity contribution in [3.63, 3.8) is 0 Å². The Morgan fingerprint density at radius 2 is 2.03 bits per heavy atom. The number of likely N-dealkylation sites (N-methyl/N-ethyl adjacent to an activating group) is 1. The van der Waals surface area contributed by atoms with E-state index in [2.05, 4.69) is 10.2 Å². The zero-order valence-corrected chi connectivity index (χ0v) is 19.3. The lowest BCUT2D eigenvalue weighted by molar-refractivity contribution is 0.0991. The van der Waals surface area contributed by atoms with E-state index in [0.717, 1.165) is 17.7 Å². The minimum absolute atomic E-state index is 0.0373. The smallest absolute Gasteiger partial charge is 0.291 e. The van der Waals surface area contributed by atoms with Crippen molar-refractivity contribution >= 4 is 23.2 Å². The van der Waals surface area contributed by atoms with Gasteiger partial charge in [-0.15, -0.1) is 0 Å². The molecule has 0 bridgehead atoms. The second-order valence-corrected chi connectivity index (χ2v) is 8.41. The monoisotopic (exact) mass is 488 g/mol. The first-order chi connectivity index (χ1) is 16.4. The third-order valence-electron chi connectivity index (χ3n) is 5.76. The zero-order valence-electron chi connectivity index (χ0n) is 18.6. The van der Waals surface area contributed by atoms with E-state index in [0.29, 0.717) is 47.4 Å². The fourth-order valence-electron chi connectivity index (χ4n) is 4.11. The number of rotatable bonds is 6. The zero-order chi connectivity index (χ0) is 23.8. The molecule has 2 aromatic carbocycles. The Morgan fingerprint density at radius 1 is 1.21 bits per heavy atom. The number of ether oxygens (including phenoxy) is 4. The molecule has 0 atom stereocenters. The number of halogens is 2. The average Bonchev–Trinajstić information content (AvgIpc) is 3.50. The molecule has 0 saturated carbocycles. The van der Waals surface area contributed by atoms with Gasteiger partial charge in [0.25, 0.3) is 5.91 Å². The van der Waals surface area contributed by atoms with Crippen LogP contribution in [-0.2, 0) is 19.6 Å². The molecular weight excluding hydrogens is 467 g/mol. The number of anilines is 1. The van der Waals surface area contributed by atoms with Crippen LogP contribution in [0.5, 0.6) is 23.0 Å². The third kappa shape index (κ3) is 4.12. The maximum Gasteiger partial charge on any atom is 0.291 e. The van der Waals surface area contributed by atoms with Gasteiger partial charge in [-0.05, 0) is 43.3 Å². The van der Waals surface area contributed by atoms with Crippen molar-refractivity contribution in [2.24, 2.45) is 0 Å². The lowest BCUT2D eigenvalue weighted by atomic mass is 9.95. The first-order valence-electron chi connectivity index (χ1n) is 10.6. The molecule has 0 radical (unpaired) electrons. The van der Waals surface area contributed by atoms with Crippen molar-refractivity contribution in [2.45, 2.75) is 19.6 Å². The van der Waals surface area contributed by atoms with E-state index in [9.17, 15) is 9.18 Å². The van der Waals surface area contributed by atoms with Crippen molar-refractivity contribution in [2.75, 3.05) is 32.8 Å². The van der Waals surface area contributed by atoms with Crippen LogP contribution < -0.4 is 24.3 Å². The van der Waals surface area contributed by atoms with E-state index in [4.69, 9.17) is 35.0 Å². The normalized spacial score (nSPS) is 14.6. The lowest BCUT2D eigenvalue weighted by Gasteiger charge is -2.29. The number of carbonyl (C=O) groups excluding carboxylic acids is 1. The molecular formula is C24H22ClFN2O6. The van der Waals surface area contributed by atoms with Gasteiger partial charge in [0.15, 0.2) is 17.3 Å². The average molecular weight is 489 g/mol. The number of amides is 1. The number of fused-ring (bicyclic) bond motifs is 2. The van der Waals surface area contributed by atoms with Gasteiger partial charge in [0.1, 0.15) is 23.9 Å². The summed E-state index contributed by atoms with van der Waals surface area (Å²) in [5, 5.41) is 2.90. The highest BCUT2D eigenvalue weighted by Gasteiger charge is 2.33. The van der Waals surface area contributed by atoms with Crippen molar-refractivity contribution in [3.8, 4) is 23.0 Å². The van der Waals surface area contributed by atoms with Crippen LogP contribution in [0.25, 0.3) is 0 Å². The summed E-state index contributed by atoms with van der Waals surface area (Å²) < 4.78 is 41.5. The summed E-state index contributed by atoms with van der Waals surface area (Å²) >= 11 is 5.77. The highest BCUT2D eigenvalue weighted by Crippen LogP contribution is 2.52. The molecule has 10 heteroatoms. The Labute approximate surface area is 200 Å². The molecule has 0 aliphatic carbocycles. The standard InChI is InChI=1S/C24H22ClFN2O6/c1-28-8-7-15-16(10-28)21(30-2)23-22(32-12-33-23)20(15)27-24(29)19-6-4-14(34-19)11-31-13-3-5-18(26)17(25)9-13/h3-6,9H,7-8,10-12H2,1-2H3,(H,27,29). The summed E-state index contributed by atoms with van der Waals surface area (Å²) in [6.45, 7) is 1.58. The van der Waals surface area contributed by atoms with E-state index in [1.807, 2.05) is 7.05 Å². The Morgan fingerprint density at radius 3 is 2.82 bits per heavy atom. The minimum Gasteiger partial charge on any atom is -0.492 e. The molecule has 34 heavy (non-hydrogen) atoms. The molecule has 8 nitrogen and oxygen atoms in total. The first kappa shape index (κ1) is 22.4. The predicted molar refractivity (Wildman–Crippen MR) is 122 cm³/mol. The number of hydrogen-bond acceptors (Lipinski definition) is 7. The van der Waals surface area contributed by atoms with Crippen molar-refractivity contribution in [1.82, 2.24) is 4.90 Å². The van der Waals surface area contributed by atoms with Crippen LogP contribution in [0.1, 0.15) is 27.4 Å². The van der Waals surface area contributed by atoms with Gasteiger partial charge < -0.3 is 33.6 Å². The quantitative estimate of drug-likeness (QED) is 0.541. The van der Waals surface area contributed by atoms with Gasteiger partial charge in [-0.3, -0.25) is 4.79 Å². The van der Waals surface area contributed by atoms with Gasteiger partial charge in [-0.25, -0.2) is 4.39 Å². The van der Waals surface area contributed by atoms with E-state index < -0.39 is 11.7 Å². The largest absolute Gasteiger partial charge is 0.492 e. The Kier molecular flexibility index (Phi) is 5.97. The summed E-state index contributed by atoms with van der Waals surface area (Å²) in [6, 6.07) is 7.26. The van der Waals surface area contributed by atoms with Gasteiger partial charge in [0, 0.05) is 24.7 Å². The molecule has 3 heterocycles. The second-order valence-electron chi connectivity index (χ2n) is 8.00. The molecule has 2 aliphatic heterocycles. The van der Waals surface area contributed by atoms with Crippen molar-refractivity contribution < 1.29 is 32.5 Å². The third-order valence-corrected chi connectivity index (χ3v) is 6.05. The van der Waals surface area contributed by atoms with Crippen LogP contribution in [-0.4, -0.2) is 38.3 Å². The topological polar surface area (TPSA) is 82.4 Å². The number of carbonyl (C=O) groups is 1. The van der Waals surface area contributed by atoms with E-state index in [1.165, 1.54) is 18.2 Å². The summed E-state index contributed by atoms with van der Waals surface area (Å²) in [6.07, 6.45) is 0.714. The fraction of sp³-hybridized carbons (Fsp3) is 0.292. The Bertz CT molecular complexity index is 1260. The maximum atomic E-state index is 13.3. The van der Waals surface area contributed by atoms with Crippen molar-refractivity contribution in [3.05, 3.63) is 63.8 Å². The number of nitrogens with one attached hydrogen (secondary N) is 1. The molecule has 2 aliphatic rings. The van der Waals surface area contributed by atoms with E-state index in [-0.39, 0.29) is 24.2 Å². The summed E-state index contributed by atoms with van der Waals surface area (Å²) in [5.41, 5.74) is 2.48. The van der Waals surface area contributed by atoms with Crippen LogP contribution in [0, 0.1) is 5.82 Å². The number of nitrogens with zero attached hydrogens (tertiary/aromatic N) is 1. The molecule has 178 valence electrons. The van der Waals surface area contributed by atoms with Gasteiger partial charge in [0.05, 0.1) is 17.8 Å². The number of hydrogen-bond donors (Lipinski definition) is 1. The maximum absolute atomic E-state index is 13.3. The molecule has 0 unspecified atom stereocenters. The molecule has 0 fully saturated rings. The molecule has 1 N–H and O–H groups in total. The van der Waals surface area contributed by atoms with E-state index >= 15 is 0 Å². The highest BCUT2D eigenvalue weighted by atomic mass is 35.5. The number of methoxy groups -OCH3 is 1. The molecule has 5 rings (SSSR count). The first-order valence-corrected chi connectivity index (χ1v) is 11.0. The van der Waals surface area contributed by atoms with Crippen LogP contribution in [0.3, 0.4) is 0 Å². The highest BCUT2D eigenvalue weighted by molar-refractivity contribution is 6.30. The van der Waals surface area contributed by atoms with Gasteiger partial charge in [-0.1, -0.05) is 11.6 Å². The minimum atomic E-state index is -0.529. The molecule has 0 spiro atoms.